The number of nitrogens with zero attached hydrogens (tertiary/aromatic N) is 1. The van der Waals surface area contributed by atoms with Crippen molar-refractivity contribution in [2.75, 3.05) is 26.0 Å². The van der Waals surface area contributed by atoms with Gasteiger partial charge in [0.25, 0.3) is 0 Å². The highest BCUT2D eigenvalue weighted by atomic mass is 32.2. The average Bonchev–Trinajstić information content (AvgIpc) is 3.71. The summed E-state index contributed by atoms with van der Waals surface area (Å²) in [6, 6.07) is 17.6. The monoisotopic (exact) mass is 522 g/mol. The fourth-order valence-corrected chi connectivity index (χ4v) is 5.71. The van der Waals surface area contributed by atoms with Gasteiger partial charge in [-0.2, -0.15) is 0 Å². The Labute approximate surface area is 219 Å². The van der Waals surface area contributed by atoms with Gasteiger partial charge in [-0.25, -0.2) is 12.7 Å². The Morgan fingerprint density at radius 2 is 1.78 bits per heavy atom. The maximum absolute atomic E-state index is 13.3. The number of aromatic hydroxyl groups is 1. The maximum atomic E-state index is 13.3. The van der Waals surface area contributed by atoms with Crippen LogP contribution in [0, 0.1) is 6.92 Å². The van der Waals surface area contributed by atoms with Crippen molar-refractivity contribution in [1.82, 2.24) is 4.31 Å². The van der Waals surface area contributed by atoms with Gasteiger partial charge in [0.1, 0.15) is 0 Å². The fraction of sp³-hybridized carbons (Fsp3) is 0.345. The van der Waals surface area contributed by atoms with Crippen molar-refractivity contribution in [2.24, 2.45) is 0 Å². The molecule has 0 spiro atoms. The number of amides is 1. The number of sulfonamides is 1. The summed E-state index contributed by atoms with van der Waals surface area (Å²) in [5, 5.41) is 13.0. The van der Waals surface area contributed by atoms with Crippen molar-refractivity contribution < 1.29 is 23.1 Å². The Morgan fingerprint density at radius 3 is 2.41 bits per heavy atom. The number of hydrogen-bond acceptors (Lipinski definition) is 5. The molecular weight excluding hydrogens is 488 g/mol. The van der Waals surface area contributed by atoms with Crippen LogP contribution in [0.3, 0.4) is 0 Å². The van der Waals surface area contributed by atoms with Crippen molar-refractivity contribution in [1.29, 1.82) is 0 Å². The molecule has 4 rings (SSSR count). The Hall–Kier alpha value is -3.36. The summed E-state index contributed by atoms with van der Waals surface area (Å²) < 4.78 is 32.3. The van der Waals surface area contributed by atoms with Crippen LogP contribution in [0.25, 0.3) is 11.1 Å². The summed E-state index contributed by atoms with van der Waals surface area (Å²) in [4.78, 5) is 13.6. The van der Waals surface area contributed by atoms with Gasteiger partial charge in [0.15, 0.2) is 11.5 Å². The first-order valence-corrected chi connectivity index (χ1v) is 13.9. The fourth-order valence-electron chi connectivity index (χ4n) is 4.50. The van der Waals surface area contributed by atoms with Crippen LogP contribution >= 0.6 is 0 Å². The van der Waals surface area contributed by atoms with Gasteiger partial charge in [-0.05, 0) is 84.8 Å². The number of benzene rings is 3. The molecule has 1 saturated carbocycles. The predicted molar refractivity (Wildman–Crippen MR) is 146 cm³/mol. The van der Waals surface area contributed by atoms with E-state index in [0.717, 1.165) is 35.1 Å². The van der Waals surface area contributed by atoms with Crippen molar-refractivity contribution >= 4 is 21.6 Å². The van der Waals surface area contributed by atoms with Crippen LogP contribution in [0.2, 0.25) is 0 Å². The number of nitrogens with one attached hydrogen (secondary N) is 1. The van der Waals surface area contributed by atoms with E-state index >= 15 is 0 Å². The molecule has 0 aromatic heterocycles. The number of aryl methyl sites for hydroxylation is 1. The minimum Gasteiger partial charge on any atom is -0.504 e. The van der Waals surface area contributed by atoms with Crippen LogP contribution in [0.15, 0.2) is 65.6 Å². The number of ether oxygens (including phenoxy) is 1. The molecule has 196 valence electrons. The number of phenolic OH excluding ortho intramolecular Hbond substituents is 1. The van der Waals surface area contributed by atoms with E-state index in [2.05, 4.69) is 5.32 Å². The van der Waals surface area contributed by atoms with Crippen LogP contribution in [-0.4, -0.2) is 44.4 Å². The molecule has 0 bridgehead atoms. The molecule has 0 saturated heterocycles. The van der Waals surface area contributed by atoms with E-state index in [0.29, 0.717) is 30.8 Å². The standard InChI is InChI=1S/C29H34N2O5S/c1-5-6-17-31(3)37(34,35)24-12-8-21(9-13-24)25-19-23(11-7-20(25)2)30-28(33)29(15-16-29)22-10-14-26(32)27(18-22)36-4/h7-14,18-19,32H,5-6,15-17H2,1-4H3,(H,30,33). The Kier molecular flexibility index (Phi) is 7.62. The molecular formula is C29H34N2O5S. The molecule has 0 radical (unpaired) electrons. The molecule has 0 atom stereocenters. The van der Waals surface area contributed by atoms with E-state index in [1.165, 1.54) is 11.4 Å². The smallest absolute Gasteiger partial charge is 0.242 e. The van der Waals surface area contributed by atoms with Gasteiger partial charge in [-0.1, -0.05) is 37.6 Å². The van der Waals surface area contributed by atoms with Crippen molar-refractivity contribution in [3.63, 3.8) is 0 Å². The van der Waals surface area contributed by atoms with E-state index in [1.807, 2.05) is 32.0 Å². The van der Waals surface area contributed by atoms with Crippen LogP contribution in [-0.2, 0) is 20.2 Å². The number of methoxy groups -OCH3 is 1. The third kappa shape index (κ3) is 5.36. The first-order valence-electron chi connectivity index (χ1n) is 12.5. The summed E-state index contributed by atoms with van der Waals surface area (Å²) in [6.07, 6.45) is 3.17. The molecule has 2 N–H and O–H groups in total. The minimum atomic E-state index is -3.54. The van der Waals surface area contributed by atoms with Crippen LogP contribution in [0.5, 0.6) is 11.5 Å². The van der Waals surface area contributed by atoms with Gasteiger partial charge >= 0.3 is 0 Å². The van der Waals surface area contributed by atoms with Gasteiger partial charge < -0.3 is 15.2 Å². The first kappa shape index (κ1) is 26.7. The molecule has 8 heteroatoms. The van der Waals surface area contributed by atoms with Gasteiger partial charge in [0.05, 0.1) is 17.4 Å². The molecule has 7 nitrogen and oxygen atoms in total. The number of carbonyl (C=O) groups excluding carboxylic acids is 1. The number of unbranched alkanes of at least 4 members (excludes halogenated alkanes) is 1. The molecule has 1 fully saturated rings. The second-order valence-corrected chi connectivity index (χ2v) is 11.7. The van der Waals surface area contributed by atoms with Crippen molar-refractivity contribution in [3.8, 4) is 22.6 Å². The van der Waals surface area contributed by atoms with E-state index in [-0.39, 0.29) is 16.6 Å². The number of phenols is 1. The first-order chi connectivity index (χ1) is 17.6. The summed E-state index contributed by atoms with van der Waals surface area (Å²) >= 11 is 0. The molecule has 1 amide bonds. The summed E-state index contributed by atoms with van der Waals surface area (Å²) in [5.41, 5.74) is 3.63. The topological polar surface area (TPSA) is 95.9 Å². The summed E-state index contributed by atoms with van der Waals surface area (Å²) in [5.74, 6) is 0.278. The second kappa shape index (κ2) is 10.6. The molecule has 37 heavy (non-hydrogen) atoms. The van der Waals surface area contributed by atoms with E-state index in [1.54, 1.807) is 49.5 Å². The Balaban J connectivity index is 1.55. The summed E-state index contributed by atoms with van der Waals surface area (Å²) in [6.45, 7) is 4.50. The number of rotatable bonds is 10. The van der Waals surface area contributed by atoms with Crippen LogP contribution in [0.1, 0.15) is 43.7 Å². The van der Waals surface area contributed by atoms with Gasteiger partial charge in [0.2, 0.25) is 15.9 Å². The molecule has 0 unspecified atom stereocenters. The predicted octanol–water partition coefficient (Wildman–Crippen LogP) is 5.47. The lowest BCUT2D eigenvalue weighted by atomic mass is 9.94. The van der Waals surface area contributed by atoms with E-state index in [9.17, 15) is 18.3 Å². The zero-order valence-corrected chi connectivity index (χ0v) is 22.6. The highest BCUT2D eigenvalue weighted by molar-refractivity contribution is 7.89. The zero-order chi connectivity index (χ0) is 26.8. The second-order valence-electron chi connectivity index (χ2n) is 9.66. The third-order valence-electron chi connectivity index (χ3n) is 7.11. The Morgan fingerprint density at radius 1 is 1.08 bits per heavy atom. The summed E-state index contributed by atoms with van der Waals surface area (Å²) in [7, 11) is -0.444. The Bertz CT molecular complexity index is 1400. The highest BCUT2D eigenvalue weighted by Crippen LogP contribution is 2.50. The van der Waals surface area contributed by atoms with Gasteiger partial charge in [-0.3, -0.25) is 4.79 Å². The van der Waals surface area contributed by atoms with Crippen LogP contribution < -0.4 is 10.1 Å². The van der Waals surface area contributed by atoms with Crippen molar-refractivity contribution in [2.45, 2.75) is 49.8 Å². The number of hydrogen-bond donors (Lipinski definition) is 2. The highest BCUT2D eigenvalue weighted by Gasteiger charge is 2.51. The quantitative estimate of drug-likeness (QED) is 0.368. The molecule has 3 aromatic carbocycles. The number of anilines is 1. The van der Waals surface area contributed by atoms with E-state index in [4.69, 9.17) is 4.74 Å². The van der Waals surface area contributed by atoms with Gasteiger partial charge in [-0.15, -0.1) is 0 Å². The largest absolute Gasteiger partial charge is 0.504 e. The zero-order valence-electron chi connectivity index (χ0n) is 21.7. The number of carbonyl (C=O) groups is 1. The lowest BCUT2D eigenvalue weighted by Gasteiger charge is -2.18. The lowest BCUT2D eigenvalue weighted by molar-refractivity contribution is -0.118. The third-order valence-corrected chi connectivity index (χ3v) is 8.98. The maximum Gasteiger partial charge on any atom is 0.242 e. The molecule has 0 heterocycles. The molecule has 1 aliphatic carbocycles. The lowest BCUT2D eigenvalue weighted by Crippen LogP contribution is -2.28. The molecule has 3 aromatic rings. The van der Waals surface area contributed by atoms with Crippen molar-refractivity contribution in [3.05, 3.63) is 71.8 Å². The minimum absolute atomic E-state index is 0.0389. The molecule has 0 aliphatic heterocycles. The molecule has 1 aliphatic rings. The average molecular weight is 523 g/mol. The van der Waals surface area contributed by atoms with E-state index < -0.39 is 15.4 Å². The normalized spacial score (nSPS) is 14.4. The van der Waals surface area contributed by atoms with Crippen LogP contribution in [0.4, 0.5) is 5.69 Å². The SMILES string of the molecule is CCCCN(C)S(=O)(=O)c1ccc(-c2cc(NC(=O)C3(c4ccc(O)c(OC)c4)CC3)ccc2C)cc1. The van der Waals surface area contributed by atoms with Gasteiger partial charge in [0, 0.05) is 19.3 Å².